The second-order valence-electron chi connectivity index (χ2n) is 8.37. The quantitative estimate of drug-likeness (QED) is 0.747. The molecule has 3 aliphatic carbocycles. The Morgan fingerprint density at radius 3 is 1.18 bits per heavy atom. The van der Waals surface area contributed by atoms with Crippen molar-refractivity contribution in [2.24, 2.45) is 11.8 Å². The minimum absolute atomic E-state index is 0.814. The van der Waals surface area contributed by atoms with Gasteiger partial charge in [-0.3, -0.25) is 0 Å². The standard InChI is InChI=1S/C20H38N2/c1-3-7-17(8-4-1)15-21-19-11-13-20(14-12-19)22-16-18-9-5-2-6-10-18/h17-22H,1-16H2. The number of hydrogen-bond acceptors (Lipinski definition) is 2. The van der Waals surface area contributed by atoms with E-state index in [1.165, 1.54) is 103 Å². The average molecular weight is 307 g/mol. The summed E-state index contributed by atoms with van der Waals surface area (Å²) >= 11 is 0. The SMILES string of the molecule is C1CCC(CNC2CCC(NCC3CCCCC3)CC2)CC1. The number of rotatable bonds is 6. The first kappa shape index (κ1) is 16.8. The van der Waals surface area contributed by atoms with Gasteiger partial charge >= 0.3 is 0 Å². The summed E-state index contributed by atoms with van der Waals surface area (Å²) in [6.45, 7) is 2.59. The molecule has 2 N–H and O–H groups in total. The Bertz CT molecular complexity index is 254. The molecule has 128 valence electrons. The van der Waals surface area contributed by atoms with Crippen LogP contribution in [0, 0.1) is 11.8 Å². The average Bonchev–Trinajstić information content (AvgIpc) is 2.61. The van der Waals surface area contributed by atoms with Gasteiger partial charge in [0.2, 0.25) is 0 Å². The molecule has 0 aromatic carbocycles. The molecule has 0 aliphatic heterocycles. The van der Waals surface area contributed by atoms with Crippen LogP contribution in [0.2, 0.25) is 0 Å². The van der Waals surface area contributed by atoms with Gasteiger partial charge in [-0.2, -0.15) is 0 Å². The Labute approximate surface area is 138 Å². The summed E-state index contributed by atoms with van der Waals surface area (Å²) in [5.74, 6) is 1.96. The fourth-order valence-corrected chi connectivity index (χ4v) is 4.95. The second-order valence-corrected chi connectivity index (χ2v) is 8.37. The van der Waals surface area contributed by atoms with Crippen LogP contribution >= 0.6 is 0 Å². The van der Waals surface area contributed by atoms with Crippen molar-refractivity contribution in [2.45, 2.75) is 102 Å². The van der Waals surface area contributed by atoms with Crippen LogP contribution in [0.5, 0.6) is 0 Å². The van der Waals surface area contributed by atoms with Gasteiger partial charge in [-0.15, -0.1) is 0 Å². The van der Waals surface area contributed by atoms with Crippen molar-refractivity contribution in [3.05, 3.63) is 0 Å². The summed E-state index contributed by atoms with van der Waals surface area (Å²) in [4.78, 5) is 0. The van der Waals surface area contributed by atoms with Crippen LogP contribution in [0.3, 0.4) is 0 Å². The summed E-state index contributed by atoms with van der Waals surface area (Å²) in [5, 5.41) is 7.78. The van der Waals surface area contributed by atoms with Gasteiger partial charge in [0, 0.05) is 12.1 Å². The summed E-state index contributed by atoms with van der Waals surface area (Å²) in [6.07, 6.45) is 20.4. The van der Waals surface area contributed by atoms with E-state index < -0.39 is 0 Å². The molecule has 0 saturated heterocycles. The van der Waals surface area contributed by atoms with Crippen LogP contribution in [0.15, 0.2) is 0 Å². The van der Waals surface area contributed by atoms with Crippen LogP contribution in [-0.2, 0) is 0 Å². The third kappa shape index (κ3) is 5.53. The number of hydrogen-bond donors (Lipinski definition) is 2. The molecule has 3 aliphatic rings. The van der Waals surface area contributed by atoms with Crippen molar-refractivity contribution in [1.29, 1.82) is 0 Å². The second kappa shape index (κ2) is 9.27. The minimum Gasteiger partial charge on any atom is -0.314 e. The molecule has 2 nitrogen and oxygen atoms in total. The lowest BCUT2D eigenvalue weighted by Gasteiger charge is -2.33. The van der Waals surface area contributed by atoms with E-state index in [-0.39, 0.29) is 0 Å². The zero-order valence-electron chi connectivity index (χ0n) is 14.6. The molecule has 0 amide bonds. The molecule has 22 heavy (non-hydrogen) atoms. The van der Waals surface area contributed by atoms with E-state index >= 15 is 0 Å². The maximum atomic E-state index is 3.89. The van der Waals surface area contributed by atoms with E-state index in [1.807, 2.05) is 0 Å². The van der Waals surface area contributed by atoms with E-state index in [0.29, 0.717) is 0 Å². The van der Waals surface area contributed by atoms with Crippen LogP contribution in [0.4, 0.5) is 0 Å². The summed E-state index contributed by atoms with van der Waals surface area (Å²) in [7, 11) is 0. The van der Waals surface area contributed by atoms with Gasteiger partial charge in [0.1, 0.15) is 0 Å². The molecule has 3 saturated carbocycles. The first-order valence-corrected chi connectivity index (χ1v) is 10.4. The molecule has 0 aromatic rings. The van der Waals surface area contributed by atoms with Crippen molar-refractivity contribution < 1.29 is 0 Å². The smallest absolute Gasteiger partial charge is 0.00683 e. The third-order valence-corrected chi connectivity index (χ3v) is 6.57. The van der Waals surface area contributed by atoms with Gasteiger partial charge in [0.15, 0.2) is 0 Å². The van der Waals surface area contributed by atoms with E-state index in [4.69, 9.17) is 0 Å². The zero-order valence-corrected chi connectivity index (χ0v) is 14.6. The largest absolute Gasteiger partial charge is 0.314 e. The summed E-state index contributed by atoms with van der Waals surface area (Å²) < 4.78 is 0. The molecule has 0 radical (unpaired) electrons. The molecule has 0 bridgehead atoms. The molecule has 2 heteroatoms. The molecule has 0 aromatic heterocycles. The molecule has 3 fully saturated rings. The van der Waals surface area contributed by atoms with Crippen molar-refractivity contribution >= 4 is 0 Å². The van der Waals surface area contributed by atoms with Gasteiger partial charge in [0.05, 0.1) is 0 Å². The highest BCUT2D eigenvalue weighted by molar-refractivity contribution is 4.83. The summed E-state index contributed by atoms with van der Waals surface area (Å²) in [5.41, 5.74) is 0. The molecule has 0 heterocycles. The molecule has 0 spiro atoms. The van der Waals surface area contributed by atoms with Crippen molar-refractivity contribution in [2.75, 3.05) is 13.1 Å². The van der Waals surface area contributed by atoms with Gasteiger partial charge in [-0.1, -0.05) is 38.5 Å². The van der Waals surface area contributed by atoms with E-state index in [1.54, 1.807) is 0 Å². The Morgan fingerprint density at radius 2 is 0.818 bits per heavy atom. The highest BCUT2D eigenvalue weighted by Gasteiger charge is 2.23. The maximum Gasteiger partial charge on any atom is 0.00683 e. The Hall–Kier alpha value is -0.0800. The number of nitrogens with one attached hydrogen (secondary N) is 2. The third-order valence-electron chi connectivity index (χ3n) is 6.57. The lowest BCUT2D eigenvalue weighted by atomic mass is 9.86. The predicted octanol–water partition coefficient (Wildman–Crippen LogP) is 4.64. The minimum atomic E-state index is 0.814. The van der Waals surface area contributed by atoms with Gasteiger partial charge in [-0.25, -0.2) is 0 Å². The zero-order chi connectivity index (χ0) is 15.0. The van der Waals surface area contributed by atoms with Gasteiger partial charge < -0.3 is 10.6 Å². The normalized spacial score (nSPS) is 32.2. The van der Waals surface area contributed by atoms with Crippen LogP contribution in [0.1, 0.15) is 89.9 Å². The molecular weight excluding hydrogens is 268 g/mol. The molecular formula is C20H38N2. The predicted molar refractivity (Wildman–Crippen MR) is 95.2 cm³/mol. The lowest BCUT2D eigenvalue weighted by molar-refractivity contribution is 0.259. The fraction of sp³-hybridized carbons (Fsp3) is 1.00. The molecule has 3 rings (SSSR count). The lowest BCUT2D eigenvalue weighted by Crippen LogP contribution is -2.42. The molecule has 0 atom stereocenters. The van der Waals surface area contributed by atoms with Gasteiger partial charge in [0.25, 0.3) is 0 Å². The van der Waals surface area contributed by atoms with Crippen LogP contribution in [0.25, 0.3) is 0 Å². The Balaban J connectivity index is 1.25. The monoisotopic (exact) mass is 306 g/mol. The highest BCUT2D eigenvalue weighted by Crippen LogP contribution is 2.26. The maximum absolute atomic E-state index is 3.89. The topological polar surface area (TPSA) is 24.1 Å². The van der Waals surface area contributed by atoms with Crippen molar-refractivity contribution in [1.82, 2.24) is 10.6 Å². The van der Waals surface area contributed by atoms with E-state index in [2.05, 4.69) is 10.6 Å². The highest BCUT2D eigenvalue weighted by atomic mass is 14.9. The molecule has 0 unspecified atom stereocenters. The first-order valence-electron chi connectivity index (χ1n) is 10.4. The fourth-order valence-electron chi connectivity index (χ4n) is 4.95. The summed E-state index contributed by atoms with van der Waals surface area (Å²) in [6, 6.07) is 1.63. The van der Waals surface area contributed by atoms with Gasteiger partial charge in [-0.05, 0) is 76.3 Å². The first-order chi connectivity index (χ1) is 10.9. The van der Waals surface area contributed by atoms with Crippen LogP contribution in [-0.4, -0.2) is 25.2 Å². The van der Waals surface area contributed by atoms with Crippen LogP contribution < -0.4 is 10.6 Å². The van der Waals surface area contributed by atoms with E-state index in [0.717, 1.165) is 23.9 Å². The Morgan fingerprint density at radius 1 is 0.455 bits per heavy atom. The van der Waals surface area contributed by atoms with Crippen molar-refractivity contribution in [3.8, 4) is 0 Å². The Kier molecular flexibility index (Phi) is 7.07. The van der Waals surface area contributed by atoms with Crippen molar-refractivity contribution in [3.63, 3.8) is 0 Å². The van der Waals surface area contributed by atoms with E-state index in [9.17, 15) is 0 Å².